The summed E-state index contributed by atoms with van der Waals surface area (Å²) < 4.78 is 0. The predicted molar refractivity (Wildman–Crippen MR) is 52.6 cm³/mol. The third-order valence-electron chi connectivity index (χ3n) is 1.98. The minimum absolute atomic E-state index is 0.823. The van der Waals surface area contributed by atoms with Crippen molar-refractivity contribution < 1.29 is 0 Å². The Hall–Kier alpha value is -0.950. The molecule has 0 fully saturated rings. The molecule has 12 heavy (non-hydrogen) atoms. The van der Waals surface area contributed by atoms with Gasteiger partial charge in [0.15, 0.2) is 0 Å². The molecule has 0 aromatic heterocycles. The van der Waals surface area contributed by atoms with Gasteiger partial charge >= 0.3 is 0 Å². The van der Waals surface area contributed by atoms with Gasteiger partial charge in [-0.1, -0.05) is 29.8 Å². The highest BCUT2D eigenvalue weighted by Crippen LogP contribution is 2.27. The molecule has 1 heterocycles. The van der Waals surface area contributed by atoms with E-state index in [0.29, 0.717) is 0 Å². The van der Waals surface area contributed by atoms with Crippen LogP contribution in [0.5, 0.6) is 0 Å². The standard InChI is InChI=1S/C10H10ClN/c11-9-5-1-2-6-10(9)12-7-3-4-8-12/h1-3,5-7H,4,8H2. The van der Waals surface area contributed by atoms with Crippen molar-refractivity contribution >= 4 is 17.3 Å². The Kier molecular flexibility index (Phi) is 2.05. The third-order valence-corrected chi connectivity index (χ3v) is 2.30. The number of hydrogen-bond acceptors (Lipinski definition) is 1. The van der Waals surface area contributed by atoms with Crippen LogP contribution in [-0.2, 0) is 0 Å². The lowest BCUT2D eigenvalue weighted by molar-refractivity contribution is 1.000. The summed E-state index contributed by atoms with van der Waals surface area (Å²) in [7, 11) is 0. The van der Waals surface area contributed by atoms with E-state index in [9.17, 15) is 0 Å². The van der Waals surface area contributed by atoms with Gasteiger partial charge in [-0.05, 0) is 18.6 Å². The van der Waals surface area contributed by atoms with Crippen molar-refractivity contribution in [3.05, 3.63) is 41.6 Å². The van der Waals surface area contributed by atoms with Crippen LogP contribution in [0.15, 0.2) is 36.5 Å². The summed E-state index contributed by atoms with van der Waals surface area (Å²) in [6, 6.07) is 7.92. The second-order valence-electron chi connectivity index (χ2n) is 2.82. The van der Waals surface area contributed by atoms with E-state index < -0.39 is 0 Å². The van der Waals surface area contributed by atoms with Gasteiger partial charge in [0.2, 0.25) is 0 Å². The van der Waals surface area contributed by atoms with Crippen LogP contribution >= 0.6 is 11.6 Å². The Labute approximate surface area is 77.3 Å². The molecule has 1 aromatic rings. The second-order valence-corrected chi connectivity index (χ2v) is 3.23. The first-order valence-electron chi connectivity index (χ1n) is 4.06. The number of halogens is 1. The average Bonchev–Trinajstić information content (AvgIpc) is 2.57. The summed E-state index contributed by atoms with van der Waals surface area (Å²) in [4.78, 5) is 2.17. The summed E-state index contributed by atoms with van der Waals surface area (Å²) in [5, 5.41) is 0.823. The molecule has 1 nitrogen and oxygen atoms in total. The van der Waals surface area contributed by atoms with Crippen molar-refractivity contribution in [2.75, 3.05) is 11.4 Å². The third kappa shape index (κ3) is 1.32. The zero-order valence-corrected chi connectivity index (χ0v) is 7.46. The van der Waals surface area contributed by atoms with Crippen molar-refractivity contribution in [3.63, 3.8) is 0 Å². The molecule has 0 amide bonds. The molecule has 1 aromatic carbocycles. The van der Waals surface area contributed by atoms with Gasteiger partial charge in [-0.3, -0.25) is 0 Å². The van der Waals surface area contributed by atoms with Crippen LogP contribution in [0.1, 0.15) is 6.42 Å². The molecular formula is C10H10ClN. The quantitative estimate of drug-likeness (QED) is 0.641. The number of rotatable bonds is 1. The highest BCUT2D eigenvalue weighted by molar-refractivity contribution is 6.33. The molecule has 0 spiro atoms. The molecule has 2 heteroatoms. The van der Waals surface area contributed by atoms with Crippen LogP contribution < -0.4 is 4.90 Å². The second kappa shape index (κ2) is 3.20. The topological polar surface area (TPSA) is 3.24 Å². The first kappa shape index (κ1) is 7.69. The first-order chi connectivity index (χ1) is 5.88. The molecule has 62 valence electrons. The van der Waals surface area contributed by atoms with Crippen LogP contribution in [-0.4, -0.2) is 6.54 Å². The van der Waals surface area contributed by atoms with Gasteiger partial charge in [0.05, 0.1) is 10.7 Å². The fraction of sp³-hybridized carbons (Fsp3) is 0.200. The molecule has 0 saturated heterocycles. The van der Waals surface area contributed by atoms with Crippen molar-refractivity contribution in [2.24, 2.45) is 0 Å². The Balaban J connectivity index is 2.33. The van der Waals surface area contributed by atoms with E-state index in [1.54, 1.807) is 0 Å². The normalized spacial score (nSPS) is 15.6. The molecule has 1 aliphatic heterocycles. The molecule has 2 rings (SSSR count). The maximum absolute atomic E-state index is 6.03. The van der Waals surface area contributed by atoms with Crippen molar-refractivity contribution in [1.29, 1.82) is 0 Å². The van der Waals surface area contributed by atoms with Crippen LogP contribution in [0.2, 0.25) is 5.02 Å². The maximum atomic E-state index is 6.03. The molecule has 0 atom stereocenters. The molecule has 0 N–H and O–H groups in total. The molecule has 0 radical (unpaired) electrons. The van der Waals surface area contributed by atoms with E-state index in [2.05, 4.69) is 17.2 Å². The highest BCUT2D eigenvalue weighted by atomic mass is 35.5. The average molecular weight is 180 g/mol. The van der Waals surface area contributed by atoms with E-state index in [0.717, 1.165) is 23.7 Å². The predicted octanol–water partition coefficient (Wildman–Crippen LogP) is 3.06. The van der Waals surface area contributed by atoms with E-state index in [4.69, 9.17) is 11.6 Å². The zero-order chi connectivity index (χ0) is 8.39. The van der Waals surface area contributed by atoms with Gasteiger partial charge in [0.1, 0.15) is 0 Å². The minimum Gasteiger partial charge on any atom is -0.347 e. The number of anilines is 1. The largest absolute Gasteiger partial charge is 0.347 e. The lowest BCUT2D eigenvalue weighted by Gasteiger charge is -2.16. The highest BCUT2D eigenvalue weighted by Gasteiger charge is 2.08. The minimum atomic E-state index is 0.823. The van der Waals surface area contributed by atoms with E-state index >= 15 is 0 Å². The van der Waals surface area contributed by atoms with Crippen LogP contribution in [0.3, 0.4) is 0 Å². The zero-order valence-electron chi connectivity index (χ0n) is 6.70. The summed E-state index contributed by atoms with van der Waals surface area (Å²) in [6.45, 7) is 1.05. The number of nitrogens with zero attached hydrogens (tertiary/aromatic N) is 1. The van der Waals surface area contributed by atoms with Crippen LogP contribution in [0, 0.1) is 0 Å². The molecule has 0 aliphatic carbocycles. The van der Waals surface area contributed by atoms with Crippen LogP contribution in [0.25, 0.3) is 0 Å². The molecule has 0 saturated carbocycles. The lowest BCUT2D eigenvalue weighted by Crippen LogP contribution is -2.12. The molecule has 1 aliphatic rings. The van der Waals surface area contributed by atoms with Crippen molar-refractivity contribution in [3.8, 4) is 0 Å². The molecule has 0 unspecified atom stereocenters. The van der Waals surface area contributed by atoms with Crippen molar-refractivity contribution in [1.82, 2.24) is 0 Å². The maximum Gasteiger partial charge on any atom is 0.0642 e. The summed E-state index contributed by atoms with van der Waals surface area (Å²) in [6.07, 6.45) is 5.36. The Bertz CT molecular complexity index is 306. The van der Waals surface area contributed by atoms with E-state index in [1.807, 2.05) is 24.3 Å². The lowest BCUT2D eigenvalue weighted by atomic mass is 10.3. The first-order valence-corrected chi connectivity index (χ1v) is 4.43. The number of para-hydroxylation sites is 1. The monoisotopic (exact) mass is 179 g/mol. The summed E-state index contributed by atoms with van der Waals surface area (Å²) >= 11 is 6.03. The van der Waals surface area contributed by atoms with Gasteiger partial charge in [-0.25, -0.2) is 0 Å². The number of hydrogen-bond donors (Lipinski definition) is 0. The van der Waals surface area contributed by atoms with Gasteiger partial charge in [0.25, 0.3) is 0 Å². The Morgan fingerprint density at radius 3 is 2.75 bits per heavy atom. The van der Waals surface area contributed by atoms with E-state index in [1.165, 1.54) is 0 Å². The molecular weight excluding hydrogens is 170 g/mol. The van der Waals surface area contributed by atoms with Gasteiger partial charge in [0, 0.05) is 12.7 Å². The van der Waals surface area contributed by atoms with Crippen molar-refractivity contribution in [2.45, 2.75) is 6.42 Å². The summed E-state index contributed by atoms with van der Waals surface area (Å²) in [5.74, 6) is 0. The Morgan fingerprint density at radius 2 is 2.08 bits per heavy atom. The fourth-order valence-electron chi connectivity index (χ4n) is 1.38. The fourth-order valence-corrected chi connectivity index (χ4v) is 1.62. The van der Waals surface area contributed by atoms with E-state index in [-0.39, 0.29) is 0 Å². The van der Waals surface area contributed by atoms with Crippen LogP contribution in [0.4, 0.5) is 5.69 Å². The van der Waals surface area contributed by atoms with Gasteiger partial charge in [-0.15, -0.1) is 0 Å². The van der Waals surface area contributed by atoms with Gasteiger partial charge in [-0.2, -0.15) is 0 Å². The van der Waals surface area contributed by atoms with Gasteiger partial charge < -0.3 is 4.90 Å². The number of benzene rings is 1. The smallest absolute Gasteiger partial charge is 0.0642 e. The SMILES string of the molecule is Clc1ccccc1N1C=CCC1. The summed E-state index contributed by atoms with van der Waals surface area (Å²) in [5.41, 5.74) is 1.10. The molecule has 0 bridgehead atoms. The Morgan fingerprint density at radius 1 is 1.25 bits per heavy atom.